The van der Waals surface area contributed by atoms with E-state index in [-0.39, 0.29) is 11.8 Å². The molecule has 2 atom stereocenters. The highest BCUT2D eigenvalue weighted by atomic mass is 16.1. The Bertz CT molecular complexity index is 445. The maximum Gasteiger partial charge on any atom is 0.229 e. The van der Waals surface area contributed by atoms with E-state index in [9.17, 15) is 4.79 Å². The molecule has 0 saturated carbocycles. The number of rotatable bonds is 4. The van der Waals surface area contributed by atoms with Crippen LogP contribution in [0.15, 0.2) is 24.3 Å². The van der Waals surface area contributed by atoms with Crippen LogP contribution in [0.4, 0.5) is 5.69 Å². The first-order chi connectivity index (χ1) is 9.06. The van der Waals surface area contributed by atoms with Gasteiger partial charge in [-0.3, -0.25) is 4.79 Å². The van der Waals surface area contributed by atoms with Crippen LogP contribution >= 0.6 is 0 Å². The van der Waals surface area contributed by atoms with Gasteiger partial charge in [0.25, 0.3) is 0 Å². The lowest BCUT2D eigenvalue weighted by molar-refractivity contribution is -0.120. The molecule has 0 aliphatic carbocycles. The van der Waals surface area contributed by atoms with Crippen LogP contribution in [0.2, 0.25) is 0 Å². The van der Waals surface area contributed by atoms with E-state index in [0.717, 1.165) is 25.3 Å². The van der Waals surface area contributed by atoms with E-state index in [2.05, 4.69) is 28.5 Å². The molecule has 2 N–H and O–H groups in total. The Morgan fingerprint density at radius 3 is 2.84 bits per heavy atom. The third-order valence-corrected chi connectivity index (χ3v) is 3.55. The number of hydrogen-bond donors (Lipinski definition) is 2. The Balaban J connectivity index is 2.00. The van der Waals surface area contributed by atoms with Gasteiger partial charge in [0, 0.05) is 18.8 Å². The van der Waals surface area contributed by atoms with Crippen LogP contribution in [0.25, 0.3) is 0 Å². The largest absolute Gasteiger partial charge is 0.326 e. The van der Waals surface area contributed by atoms with Crippen molar-refractivity contribution < 1.29 is 4.79 Å². The minimum absolute atomic E-state index is 0.0810. The van der Waals surface area contributed by atoms with Gasteiger partial charge in [-0.05, 0) is 44.3 Å². The summed E-state index contributed by atoms with van der Waals surface area (Å²) in [6, 6.07) is 8.06. The maximum atomic E-state index is 12.2. The lowest BCUT2D eigenvalue weighted by atomic mass is 9.97. The molecule has 1 aliphatic heterocycles. The third-order valence-electron chi connectivity index (χ3n) is 3.55. The Morgan fingerprint density at radius 2 is 2.21 bits per heavy atom. The lowest BCUT2D eigenvalue weighted by Crippen LogP contribution is -2.27. The summed E-state index contributed by atoms with van der Waals surface area (Å²) in [6.45, 7) is 4.71. The van der Waals surface area contributed by atoms with Gasteiger partial charge < -0.3 is 15.5 Å². The molecule has 2 rings (SSSR count). The second kappa shape index (κ2) is 6.17. The Labute approximate surface area is 115 Å². The van der Waals surface area contributed by atoms with Gasteiger partial charge in [-0.1, -0.05) is 19.1 Å². The second-order valence-corrected chi connectivity index (χ2v) is 5.67. The van der Waals surface area contributed by atoms with E-state index in [1.807, 2.05) is 32.3 Å². The van der Waals surface area contributed by atoms with Crippen molar-refractivity contribution >= 4 is 11.6 Å². The highest BCUT2D eigenvalue weighted by Crippen LogP contribution is 2.19. The van der Waals surface area contributed by atoms with Crippen LogP contribution in [0.1, 0.15) is 12.5 Å². The maximum absolute atomic E-state index is 12.2. The van der Waals surface area contributed by atoms with Crippen molar-refractivity contribution in [3.8, 4) is 0 Å². The number of anilines is 1. The molecular weight excluding hydrogens is 238 g/mol. The van der Waals surface area contributed by atoms with E-state index < -0.39 is 0 Å². The molecule has 1 aliphatic rings. The zero-order chi connectivity index (χ0) is 13.8. The SMILES string of the molecule is CC1CNCC1C(=O)Nc1cccc(CN(C)C)c1. The second-order valence-electron chi connectivity index (χ2n) is 5.67. The summed E-state index contributed by atoms with van der Waals surface area (Å²) < 4.78 is 0. The highest BCUT2D eigenvalue weighted by molar-refractivity contribution is 5.93. The molecule has 4 heteroatoms. The van der Waals surface area contributed by atoms with Crippen LogP contribution in [0, 0.1) is 11.8 Å². The molecule has 1 saturated heterocycles. The van der Waals surface area contributed by atoms with Crippen LogP contribution < -0.4 is 10.6 Å². The van der Waals surface area contributed by atoms with Gasteiger partial charge in [-0.2, -0.15) is 0 Å². The van der Waals surface area contributed by atoms with Gasteiger partial charge in [-0.15, -0.1) is 0 Å². The number of hydrogen-bond acceptors (Lipinski definition) is 3. The number of nitrogens with one attached hydrogen (secondary N) is 2. The van der Waals surface area contributed by atoms with E-state index in [1.165, 1.54) is 5.56 Å². The summed E-state index contributed by atoms with van der Waals surface area (Å²) >= 11 is 0. The van der Waals surface area contributed by atoms with E-state index in [1.54, 1.807) is 0 Å². The summed E-state index contributed by atoms with van der Waals surface area (Å²) in [5.41, 5.74) is 2.10. The molecule has 2 unspecified atom stereocenters. The summed E-state index contributed by atoms with van der Waals surface area (Å²) in [4.78, 5) is 14.3. The Kier molecular flexibility index (Phi) is 4.56. The predicted molar refractivity (Wildman–Crippen MR) is 78.0 cm³/mol. The van der Waals surface area contributed by atoms with E-state index >= 15 is 0 Å². The molecule has 1 fully saturated rings. The van der Waals surface area contributed by atoms with Crippen LogP contribution in [-0.2, 0) is 11.3 Å². The third kappa shape index (κ3) is 3.78. The molecule has 0 bridgehead atoms. The first kappa shape index (κ1) is 14.0. The van der Waals surface area contributed by atoms with E-state index in [4.69, 9.17) is 0 Å². The molecule has 104 valence electrons. The number of benzene rings is 1. The van der Waals surface area contributed by atoms with Gasteiger partial charge >= 0.3 is 0 Å². The topological polar surface area (TPSA) is 44.4 Å². The Hall–Kier alpha value is -1.39. The summed E-state index contributed by atoms with van der Waals surface area (Å²) in [6.07, 6.45) is 0. The fraction of sp³-hybridized carbons (Fsp3) is 0.533. The molecule has 1 heterocycles. The van der Waals surface area contributed by atoms with Gasteiger partial charge in [0.2, 0.25) is 5.91 Å². The molecule has 1 aromatic carbocycles. The number of carbonyl (C=O) groups is 1. The first-order valence-corrected chi connectivity index (χ1v) is 6.81. The lowest BCUT2D eigenvalue weighted by Gasteiger charge is -2.15. The first-order valence-electron chi connectivity index (χ1n) is 6.81. The monoisotopic (exact) mass is 261 g/mol. The average Bonchev–Trinajstić information content (AvgIpc) is 2.75. The molecule has 4 nitrogen and oxygen atoms in total. The zero-order valence-corrected chi connectivity index (χ0v) is 11.9. The predicted octanol–water partition coefficient (Wildman–Crippen LogP) is 1.54. The molecular formula is C15H23N3O. The van der Waals surface area contributed by atoms with Crippen molar-refractivity contribution in [1.82, 2.24) is 10.2 Å². The van der Waals surface area contributed by atoms with Crippen LogP contribution in [0.3, 0.4) is 0 Å². The summed E-state index contributed by atoms with van der Waals surface area (Å²) in [7, 11) is 4.08. The quantitative estimate of drug-likeness (QED) is 0.864. The molecule has 19 heavy (non-hydrogen) atoms. The van der Waals surface area contributed by atoms with Crippen molar-refractivity contribution in [2.45, 2.75) is 13.5 Å². The fourth-order valence-corrected chi connectivity index (χ4v) is 2.51. The molecule has 1 amide bonds. The summed E-state index contributed by atoms with van der Waals surface area (Å²) in [5, 5.41) is 6.29. The van der Waals surface area contributed by atoms with Gasteiger partial charge in [-0.25, -0.2) is 0 Å². The average molecular weight is 261 g/mol. The fourth-order valence-electron chi connectivity index (χ4n) is 2.51. The molecule has 1 aromatic rings. The Morgan fingerprint density at radius 1 is 1.42 bits per heavy atom. The number of nitrogens with zero attached hydrogens (tertiary/aromatic N) is 1. The highest BCUT2D eigenvalue weighted by Gasteiger charge is 2.29. The van der Waals surface area contributed by atoms with Crippen molar-refractivity contribution in [3.05, 3.63) is 29.8 Å². The molecule has 0 aromatic heterocycles. The van der Waals surface area contributed by atoms with Crippen molar-refractivity contribution in [3.63, 3.8) is 0 Å². The smallest absolute Gasteiger partial charge is 0.229 e. The van der Waals surface area contributed by atoms with Crippen molar-refractivity contribution in [1.29, 1.82) is 0 Å². The van der Waals surface area contributed by atoms with Crippen LogP contribution in [-0.4, -0.2) is 38.0 Å². The minimum Gasteiger partial charge on any atom is -0.326 e. The van der Waals surface area contributed by atoms with Gasteiger partial charge in [0.1, 0.15) is 0 Å². The summed E-state index contributed by atoms with van der Waals surface area (Å²) in [5.74, 6) is 0.613. The van der Waals surface area contributed by atoms with E-state index in [0.29, 0.717) is 5.92 Å². The number of carbonyl (C=O) groups excluding carboxylic acids is 1. The number of amides is 1. The zero-order valence-electron chi connectivity index (χ0n) is 11.9. The van der Waals surface area contributed by atoms with Crippen LogP contribution in [0.5, 0.6) is 0 Å². The van der Waals surface area contributed by atoms with Crippen molar-refractivity contribution in [2.75, 3.05) is 32.5 Å². The minimum atomic E-state index is 0.0810. The molecule has 0 radical (unpaired) electrons. The molecule has 0 spiro atoms. The normalized spacial score (nSPS) is 22.7. The van der Waals surface area contributed by atoms with Gasteiger partial charge in [0.15, 0.2) is 0 Å². The van der Waals surface area contributed by atoms with Gasteiger partial charge in [0.05, 0.1) is 5.92 Å². The standard InChI is InChI=1S/C15H23N3O/c1-11-8-16-9-14(11)15(19)17-13-6-4-5-12(7-13)10-18(2)3/h4-7,11,14,16H,8-10H2,1-3H3,(H,17,19). The van der Waals surface area contributed by atoms with Crippen molar-refractivity contribution in [2.24, 2.45) is 11.8 Å².